The van der Waals surface area contributed by atoms with Crippen molar-refractivity contribution < 1.29 is 4.79 Å². The Hall–Kier alpha value is -2.56. The number of amides is 2. The summed E-state index contributed by atoms with van der Waals surface area (Å²) >= 11 is 0. The monoisotopic (exact) mass is 396 g/mol. The Morgan fingerprint density at radius 2 is 2.07 bits per heavy atom. The number of anilines is 1. The van der Waals surface area contributed by atoms with Gasteiger partial charge in [0, 0.05) is 18.8 Å². The van der Waals surface area contributed by atoms with Crippen LogP contribution in [0, 0.1) is 5.92 Å². The van der Waals surface area contributed by atoms with Gasteiger partial charge >= 0.3 is 6.03 Å². The molecule has 1 atom stereocenters. The highest BCUT2D eigenvalue weighted by atomic mass is 16.2. The van der Waals surface area contributed by atoms with E-state index in [0.717, 1.165) is 55.7 Å². The molecule has 3 N–H and O–H groups in total. The second kappa shape index (κ2) is 12.1. The lowest BCUT2D eigenvalue weighted by molar-refractivity contribution is 0.251. The lowest BCUT2D eigenvalue weighted by Crippen LogP contribution is -2.30. The Bertz CT molecular complexity index is 736. The fourth-order valence-corrected chi connectivity index (χ4v) is 3.50. The molecule has 29 heavy (non-hydrogen) atoms. The molecule has 0 aliphatic carbocycles. The zero-order chi connectivity index (χ0) is 21.1. The van der Waals surface area contributed by atoms with Crippen LogP contribution in [-0.2, 0) is 0 Å². The second-order valence-electron chi connectivity index (χ2n) is 8.07. The minimum Gasteiger partial charge on any atom is -0.370 e. The summed E-state index contributed by atoms with van der Waals surface area (Å²) in [6.45, 7) is 11.8. The minimum atomic E-state index is -0.137. The van der Waals surface area contributed by atoms with Crippen molar-refractivity contribution in [2.45, 2.75) is 58.8 Å². The summed E-state index contributed by atoms with van der Waals surface area (Å²) < 4.78 is 0. The van der Waals surface area contributed by atoms with Crippen molar-refractivity contribution in [1.29, 1.82) is 0 Å². The highest BCUT2D eigenvalue weighted by Crippen LogP contribution is 2.23. The van der Waals surface area contributed by atoms with E-state index in [0.29, 0.717) is 18.4 Å². The first-order chi connectivity index (χ1) is 14.0. The van der Waals surface area contributed by atoms with E-state index in [1.807, 2.05) is 18.2 Å². The number of allylic oxidation sites excluding steroid dienone is 3. The lowest BCUT2D eigenvalue weighted by Gasteiger charge is -2.18. The quantitative estimate of drug-likeness (QED) is 0.356. The van der Waals surface area contributed by atoms with Gasteiger partial charge in [-0.05, 0) is 67.9 Å². The number of nitrogens with zero attached hydrogens (tertiary/aromatic N) is 1. The first-order valence-electron chi connectivity index (χ1n) is 10.7. The highest BCUT2D eigenvalue weighted by Gasteiger charge is 2.10. The molecule has 0 saturated heterocycles. The average molecular weight is 397 g/mol. The molecule has 0 aromatic heterocycles. The van der Waals surface area contributed by atoms with E-state index in [1.165, 1.54) is 5.57 Å². The van der Waals surface area contributed by atoms with E-state index in [-0.39, 0.29) is 6.03 Å². The van der Waals surface area contributed by atoms with Crippen LogP contribution in [0.4, 0.5) is 10.5 Å². The van der Waals surface area contributed by atoms with Gasteiger partial charge in [-0.2, -0.15) is 0 Å². The van der Waals surface area contributed by atoms with Crippen molar-refractivity contribution in [2.75, 3.05) is 18.4 Å². The van der Waals surface area contributed by atoms with Crippen molar-refractivity contribution in [1.82, 2.24) is 10.6 Å². The summed E-state index contributed by atoms with van der Waals surface area (Å²) in [5.74, 6) is 1.85. The first-order valence-corrected chi connectivity index (χ1v) is 10.7. The molecule has 1 aromatic rings. The van der Waals surface area contributed by atoms with E-state index < -0.39 is 0 Å². The largest absolute Gasteiger partial charge is 0.370 e. The van der Waals surface area contributed by atoms with Crippen molar-refractivity contribution in [3.63, 3.8) is 0 Å². The zero-order valence-corrected chi connectivity index (χ0v) is 18.1. The Kier molecular flexibility index (Phi) is 9.48. The van der Waals surface area contributed by atoms with Crippen molar-refractivity contribution in [3.05, 3.63) is 53.4 Å². The molecule has 1 unspecified atom stereocenters. The molecule has 0 saturated carbocycles. The molecule has 0 spiro atoms. The highest BCUT2D eigenvalue weighted by molar-refractivity contribution is 5.90. The van der Waals surface area contributed by atoms with Gasteiger partial charge in [-0.15, -0.1) is 0 Å². The molecule has 1 aliphatic heterocycles. The van der Waals surface area contributed by atoms with Crippen LogP contribution >= 0.6 is 0 Å². The third kappa shape index (κ3) is 7.76. The van der Waals surface area contributed by atoms with E-state index >= 15 is 0 Å². The number of nitrogens with one attached hydrogen (secondary N) is 3. The molecule has 1 aliphatic rings. The third-order valence-electron chi connectivity index (χ3n) is 5.26. The van der Waals surface area contributed by atoms with Gasteiger partial charge in [-0.3, -0.25) is 0 Å². The number of urea groups is 1. The van der Waals surface area contributed by atoms with Crippen LogP contribution < -0.4 is 16.0 Å². The van der Waals surface area contributed by atoms with Gasteiger partial charge in [0.15, 0.2) is 0 Å². The Labute approximate surface area is 175 Å². The van der Waals surface area contributed by atoms with Crippen LogP contribution in [0.2, 0.25) is 0 Å². The third-order valence-corrected chi connectivity index (χ3v) is 5.26. The van der Waals surface area contributed by atoms with Gasteiger partial charge in [-0.1, -0.05) is 51.1 Å². The molecule has 1 heterocycles. The van der Waals surface area contributed by atoms with Crippen molar-refractivity contribution in [3.8, 4) is 0 Å². The molecule has 0 bridgehead atoms. The fourth-order valence-electron chi connectivity index (χ4n) is 3.50. The van der Waals surface area contributed by atoms with Gasteiger partial charge in [0.05, 0.1) is 0 Å². The van der Waals surface area contributed by atoms with Gasteiger partial charge in [0.25, 0.3) is 0 Å². The maximum absolute atomic E-state index is 12.2. The van der Waals surface area contributed by atoms with E-state index in [2.05, 4.69) is 66.6 Å². The smallest absolute Gasteiger partial charge is 0.319 e. The predicted molar refractivity (Wildman–Crippen MR) is 124 cm³/mol. The lowest BCUT2D eigenvalue weighted by atomic mass is 10.0. The molecule has 0 fully saturated rings. The standard InChI is InChI=1S/C24H36N4O/c1-18(2)21-13-7-8-14-22(21)28-24(29)27-17-15-19(3)10-5-6-11-20-12-9-16-26-23(20)25-4/h5-8,13-14,18-19,26H,4,9-12,15-17H2,1-3H3,(H2,27,28,29)/b6-5-. The number of para-hydroxylation sites is 1. The Balaban J connectivity index is 1.68. The first kappa shape index (κ1) is 22.7. The van der Waals surface area contributed by atoms with Gasteiger partial charge in [0.1, 0.15) is 5.82 Å². The number of hydrogen-bond donors (Lipinski definition) is 3. The van der Waals surface area contributed by atoms with E-state index in [1.54, 1.807) is 0 Å². The predicted octanol–water partition coefficient (Wildman–Crippen LogP) is 5.59. The summed E-state index contributed by atoms with van der Waals surface area (Å²) in [7, 11) is 0. The second-order valence-corrected chi connectivity index (χ2v) is 8.07. The van der Waals surface area contributed by atoms with Crippen LogP contribution in [0.1, 0.15) is 64.4 Å². The molecule has 2 rings (SSSR count). The fraction of sp³-hybridized carbons (Fsp3) is 0.500. The van der Waals surface area contributed by atoms with Crippen LogP contribution in [0.5, 0.6) is 0 Å². The molecule has 0 radical (unpaired) electrons. The summed E-state index contributed by atoms with van der Waals surface area (Å²) in [5.41, 5.74) is 3.38. The number of carbonyl (C=O) groups excluding carboxylic acids is 1. The van der Waals surface area contributed by atoms with Crippen LogP contribution in [0.25, 0.3) is 0 Å². The van der Waals surface area contributed by atoms with Crippen LogP contribution in [-0.4, -0.2) is 25.8 Å². The van der Waals surface area contributed by atoms with Gasteiger partial charge in [0.2, 0.25) is 0 Å². The van der Waals surface area contributed by atoms with Crippen LogP contribution in [0.15, 0.2) is 52.8 Å². The Morgan fingerprint density at radius 3 is 2.83 bits per heavy atom. The maximum Gasteiger partial charge on any atom is 0.319 e. The summed E-state index contributed by atoms with van der Waals surface area (Å²) in [5, 5.41) is 9.25. The summed E-state index contributed by atoms with van der Waals surface area (Å²) in [6, 6.07) is 7.82. The number of benzene rings is 1. The number of carbonyl (C=O) groups is 1. The zero-order valence-electron chi connectivity index (χ0n) is 18.1. The van der Waals surface area contributed by atoms with E-state index in [4.69, 9.17) is 0 Å². The topological polar surface area (TPSA) is 65.5 Å². The van der Waals surface area contributed by atoms with Gasteiger partial charge in [-0.25, -0.2) is 9.79 Å². The molecule has 5 heteroatoms. The summed E-state index contributed by atoms with van der Waals surface area (Å²) in [4.78, 5) is 16.3. The van der Waals surface area contributed by atoms with Crippen molar-refractivity contribution >= 4 is 18.4 Å². The number of hydrogen-bond acceptors (Lipinski definition) is 3. The molecule has 1 aromatic carbocycles. The van der Waals surface area contributed by atoms with E-state index in [9.17, 15) is 4.79 Å². The summed E-state index contributed by atoms with van der Waals surface area (Å²) in [6.07, 6.45) is 9.63. The molecular formula is C24H36N4O. The van der Waals surface area contributed by atoms with Crippen molar-refractivity contribution in [2.24, 2.45) is 10.9 Å². The molecular weight excluding hydrogens is 360 g/mol. The molecule has 5 nitrogen and oxygen atoms in total. The molecule has 158 valence electrons. The number of rotatable bonds is 10. The van der Waals surface area contributed by atoms with Crippen LogP contribution in [0.3, 0.4) is 0 Å². The SMILES string of the molecule is C=NC1=C(C/C=C\CC(C)CCNC(=O)Nc2ccccc2C(C)C)CCCN1. The normalized spacial score (nSPS) is 15.3. The maximum atomic E-state index is 12.2. The number of aliphatic imine (C=N–C) groups is 1. The average Bonchev–Trinajstić information content (AvgIpc) is 2.71. The molecule has 2 amide bonds. The van der Waals surface area contributed by atoms with Gasteiger partial charge < -0.3 is 16.0 Å². The minimum absolute atomic E-state index is 0.137. The Morgan fingerprint density at radius 1 is 1.28 bits per heavy atom.